The van der Waals surface area contributed by atoms with Gasteiger partial charge >= 0.3 is 0 Å². The number of aromatic nitrogens is 3. The van der Waals surface area contributed by atoms with Gasteiger partial charge < -0.3 is 4.57 Å². The van der Waals surface area contributed by atoms with E-state index in [0.29, 0.717) is 6.04 Å². The van der Waals surface area contributed by atoms with E-state index in [1.807, 2.05) is 6.92 Å². The molecule has 1 aromatic heterocycles. The van der Waals surface area contributed by atoms with Crippen LogP contribution in [0.15, 0.2) is 36.4 Å². The minimum Gasteiger partial charge on any atom is -0.313 e. The van der Waals surface area contributed by atoms with E-state index in [9.17, 15) is 0 Å². The Morgan fingerprint density at radius 3 is 2.78 bits per heavy atom. The van der Waals surface area contributed by atoms with Crippen molar-refractivity contribution in [2.75, 3.05) is 26.2 Å². The summed E-state index contributed by atoms with van der Waals surface area (Å²) in [6, 6.07) is 11.2. The molecule has 2 aromatic rings. The van der Waals surface area contributed by atoms with Gasteiger partial charge in [-0.25, -0.2) is 0 Å². The standard InChI is InChI=1S/C18H23N5/c1-15-19-20-18-14-22(10-11-23(15)18)17-12-21(13-17)9-5-8-16-6-3-2-4-7-16/h2-8,17H,9-14H2,1H3/b8-5+. The number of hydrogen-bond acceptors (Lipinski definition) is 4. The second kappa shape index (κ2) is 6.26. The zero-order valence-electron chi connectivity index (χ0n) is 13.6. The van der Waals surface area contributed by atoms with Crippen LogP contribution in [0.2, 0.25) is 0 Å². The number of benzene rings is 1. The average Bonchev–Trinajstić information content (AvgIpc) is 2.91. The summed E-state index contributed by atoms with van der Waals surface area (Å²) >= 11 is 0. The van der Waals surface area contributed by atoms with Gasteiger partial charge in [-0.1, -0.05) is 42.5 Å². The molecule has 5 heteroatoms. The maximum atomic E-state index is 4.30. The van der Waals surface area contributed by atoms with Gasteiger partial charge in [0.2, 0.25) is 0 Å². The molecular formula is C18H23N5. The number of rotatable bonds is 4. The molecule has 0 spiro atoms. The van der Waals surface area contributed by atoms with Gasteiger partial charge in [-0.2, -0.15) is 0 Å². The Hall–Kier alpha value is -1.98. The third-order valence-corrected chi connectivity index (χ3v) is 4.90. The monoisotopic (exact) mass is 309 g/mol. The van der Waals surface area contributed by atoms with E-state index < -0.39 is 0 Å². The molecule has 0 N–H and O–H groups in total. The normalized spacial score (nSPS) is 19.9. The van der Waals surface area contributed by atoms with Crippen molar-refractivity contribution in [1.29, 1.82) is 0 Å². The predicted octanol–water partition coefficient (Wildman–Crippen LogP) is 1.80. The van der Waals surface area contributed by atoms with Gasteiger partial charge in [0.05, 0.1) is 6.54 Å². The first kappa shape index (κ1) is 14.6. The highest BCUT2D eigenvalue weighted by atomic mass is 15.4. The van der Waals surface area contributed by atoms with E-state index >= 15 is 0 Å². The summed E-state index contributed by atoms with van der Waals surface area (Å²) in [7, 11) is 0. The third kappa shape index (κ3) is 3.07. The quantitative estimate of drug-likeness (QED) is 0.863. The molecule has 3 heterocycles. The summed E-state index contributed by atoms with van der Waals surface area (Å²) < 4.78 is 2.25. The van der Waals surface area contributed by atoms with E-state index in [-0.39, 0.29) is 0 Å². The second-order valence-electron chi connectivity index (χ2n) is 6.47. The highest BCUT2D eigenvalue weighted by Crippen LogP contribution is 2.20. The zero-order valence-corrected chi connectivity index (χ0v) is 13.6. The molecule has 0 aliphatic carbocycles. The van der Waals surface area contributed by atoms with Crippen molar-refractivity contribution in [2.45, 2.75) is 26.1 Å². The molecule has 0 unspecified atom stereocenters. The molecule has 4 rings (SSSR count). The molecule has 0 saturated carbocycles. The van der Waals surface area contributed by atoms with Crippen molar-refractivity contribution in [3.63, 3.8) is 0 Å². The van der Waals surface area contributed by atoms with Crippen LogP contribution in [-0.2, 0) is 13.1 Å². The lowest BCUT2D eigenvalue weighted by Gasteiger charge is -2.46. The maximum absolute atomic E-state index is 4.30. The number of aryl methyl sites for hydroxylation is 1. The molecule has 23 heavy (non-hydrogen) atoms. The molecule has 5 nitrogen and oxygen atoms in total. The molecule has 0 radical (unpaired) electrons. The lowest BCUT2D eigenvalue weighted by molar-refractivity contribution is 0.0247. The Bertz CT molecular complexity index is 685. The van der Waals surface area contributed by atoms with Crippen molar-refractivity contribution in [3.05, 3.63) is 53.6 Å². The summed E-state index contributed by atoms with van der Waals surface area (Å²) in [5.41, 5.74) is 1.27. The van der Waals surface area contributed by atoms with Crippen LogP contribution in [0, 0.1) is 6.92 Å². The van der Waals surface area contributed by atoms with Crippen LogP contribution < -0.4 is 0 Å². The van der Waals surface area contributed by atoms with Gasteiger partial charge in [0, 0.05) is 38.8 Å². The second-order valence-corrected chi connectivity index (χ2v) is 6.47. The van der Waals surface area contributed by atoms with E-state index in [0.717, 1.165) is 50.9 Å². The molecule has 1 fully saturated rings. The Kier molecular flexibility index (Phi) is 3.97. The fourth-order valence-electron chi connectivity index (χ4n) is 3.46. The first-order chi connectivity index (χ1) is 11.3. The van der Waals surface area contributed by atoms with Gasteiger partial charge in [0.15, 0.2) is 0 Å². The summed E-state index contributed by atoms with van der Waals surface area (Å²) in [5, 5.41) is 8.48. The van der Waals surface area contributed by atoms with Crippen LogP contribution in [0.3, 0.4) is 0 Å². The van der Waals surface area contributed by atoms with Crippen molar-refractivity contribution in [2.24, 2.45) is 0 Å². The fraction of sp³-hybridized carbons (Fsp3) is 0.444. The summed E-state index contributed by atoms with van der Waals surface area (Å²) in [4.78, 5) is 5.05. The van der Waals surface area contributed by atoms with Crippen molar-refractivity contribution < 1.29 is 0 Å². The molecule has 2 aliphatic heterocycles. The summed E-state index contributed by atoms with van der Waals surface area (Å²) in [6.07, 6.45) is 4.47. The highest BCUT2D eigenvalue weighted by molar-refractivity contribution is 5.48. The van der Waals surface area contributed by atoms with Gasteiger partial charge in [-0.15, -0.1) is 10.2 Å². The first-order valence-electron chi connectivity index (χ1n) is 8.36. The van der Waals surface area contributed by atoms with E-state index in [2.05, 4.69) is 67.0 Å². The van der Waals surface area contributed by atoms with Gasteiger partial charge in [-0.05, 0) is 12.5 Å². The van der Waals surface area contributed by atoms with Gasteiger partial charge in [0.25, 0.3) is 0 Å². The van der Waals surface area contributed by atoms with E-state index in [1.165, 1.54) is 5.56 Å². The molecule has 120 valence electrons. The van der Waals surface area contributed by atoms with Gasteiger partial charge in [0.1, 0.15) is 11.6 Å². The van der Waals surface area contributed by atoms with Crippen molar-refractivity contribution in [1.82, 2.24) is 24.6 Å². The van der Waals surface area contributed by atoms with Crippen LogP contribution >= 0.6 is 0 Å². The molecule has 0 amide bonds. The number of fused-ring (bicyclic) bond motifs is 1. The van der Waals surface area contributed by atoms with E-state index in [4.69, 9.17) is 0 Å². The maximum Gasteiger partial charge on any atom is 0.147 e. The topological polar surface area (TPSA) is 37.2 Å². The van der Waals surface area contributed by atoms with Crippen LogP contribution in [0.25, 0.3) is 6.08 Å². The Balaban J connectivity index is 1.25. The first-order valence-corrected chi connectivity index (χ1v) is 8.36. The molecule has 1 saturated heterocycles. The molecule has 1 aromatic carbocycles. The minimum atomic E-state index is 0.672. The lowest BCUT2D eigenvalue weighted by Crippen LogP contribution is -2.60. The Labute approximate surface area is 137 Å². The lowest BCUT2D eigenvalue weighted by atomic mass is 10.1. The molecule has 0 bridgehead atoms. The van der Waals surface area contributed by atoms with Crippen molar-refractivity contribution >= 4 is 6.08 Å². The molecule has 2 aliphatic rings. The fourth-order valence-corrected chi connectivity index (χ4v) is 3.46. The Morgan fingerprint density at radius 1 is 1.13 bits per heavy atom. The minimum absolute atomic E-state index is 0.672. The van der Waals surface area contributed by atoms with E-state index in [1.54, 1.807) is 0 Å². The SMILES string of the molecule is Cc1nnc2n1CCN(C1CN(C/C=C/c3ccccc3)C1)C2. The summed E-state index contributed by atoms with van der Waals surface area (Å²) in [5.74, 6) is 2.16. The van der Waals surface area contributed by atoms with Crippen molar-refractivity contribution in [3.8, 4) is 0 Å². The van der Waals surface area contributed by atoms with Crippen LogP contribution in [-0.4, -0.2) is 56.8 Å². The third-order valence-electron chi connectivity index (χ3n) is 4.90. The molecular weight excluding hydrogens is 286 g/mol. The number of nitrogens with zero attached hydrogens (tertiary/aromatic N) is 5. The van der Waals surface area contributed by atoms with Crippen LogP contribution in [0.1, 0.15) is 17.2 Å². The smallest absolute Gasteiger partial charge is 0.147 e. The molecule has 0 atom stereocenters. The van der Waals surface area contributed by atoms with Crippen LogP contribution in [0.5, 0.6) is 0 Å². The predicted molar refractivity (Wildman–Crippen MR) is 90.9 cm³/mol. The van der Waals surface area contributed by atoms with Crippen LogP contribution in [0.4, 0.5) is 0 Å². The highest BCUT2D eigenvalue weighted by Gasteiger charge is 2.33. The van der Waals surface area contributed by atoms with Gasteiger partial charge in [-0.3, -0.25) is 9.80 Å². The Morgan fingerprint density at radius 2 is 1.96 bits per heavy atom. The largest absolute Gasteiger partial charge is 0.313 e. The zero-order chi connectivity index (χ0) is 15.6. The average molecular weight is 309 g/mol. The summed E-state index contributed by atoms with van der Waals surface area (Å²) in [6.45, 7) is 8.48. The number of hydrogen-bond donors (Lipinski definition) is 0. The number of likely N-dealkylation sites (tertiary alicyclic amines) is 1.